The maximum atomic E-state index is 2.63. The summed E-state index contributed by atoms with van der Waals surface area (Å²) >= 11 is 0. The summed E-state index contributed by atoms with van der Waals surface area (Å²) in [7, 11) is 0. The van der Waals surface area contributed by atoms with Crippen LogP contribution < -0.4 is 0 Å². The Labute approximate surface area is 361 Å². The lowest BCUT2D eigenvalue weighted by Crippen LogP contribution is -2.08. The summed E-state index contributed by atoms with van der Waals surface area (Å²) in [4.78, 5) is 0. The smallest absolute Gasteiger partial charge is 0.00959 e. The van der Waals surface area contributed by atoms with Gasteiger partial charge in [-0.3, -0.25) is 0 Å². The molecule has 0 heterocycles. The van der Waals surface area contributed by atoms with E-state index in [1.165, 1.54) is 131 Å². The molecule has 0 unspecified atom stereocenters. The molecule has 0 bridgehead atoms. The summed E-state index contributed by atoms with van der Waals surface area (Å²) < 4.78 is 0. The van der Waals surface area contributed by atoms with E-state index in [9.17, 15) is 0 Å². The van der Waals surface area contributed by atoms with Gasteiger partial charge in [-0.05, 0) is 214 Å². The van der Waals surface area contributed by atoms with Crippen molar-refractivity contribution in [3.63, 3.8) is 0 Å². The Morgan fingerprint density at radius 1 is 0.217 bits per heavy atom. The van der Waals surface area contributed by atoms with Gasteiger partial charge in [0.25, 0.3) is 0 Å². The molecule has 0 atom stereocenters. The van der Waals surface area contributed by atoms with Crippen LogP contribution in [0.4, 0.5) is 0 Å². The lowest BCUT2D eigenvalue weighted by molar-refractivity contribution is 0.573. The summed E-state index contributed by atoms with van der Waals surface area (Å²) in [6.07, 6.45) is 12.9. The standard InChI is InChI=1S/C60H70/c1-12-37-24-49-51-26-39(14-3)43(18-7)30-55(51)59-34-47(45(20-9)32-57(59)53(49)28-41(37)16-5)22-36(11)23-48-35-60-56-31-44(19-8)40(15-4)27-52(56)50-25-38(13-2)42(17-6)29-54(50)58(60)33-46(48)21-10/h24-36H,12-23H2,1-11H3. The summed E-state index contributed by atoms with van der Waals surface area (Å²) in [5, 5.41) is 17.2. The fraction of sp³-hybridized carbons (Fsp3) is 0.400. The van der Waals surface area contributed by atoms with Gasteiger partial charge in [0.1, 0.15) is 0 Å². The van der Waals surface area contributed by atoms with Gasteiger partial charge in [-0.15, -0.1) is 0 Å². The third-order valence-corrected chi connectivity index (χ3v) is 14.7. The zero-order valence-corrected chi connectivity index (χ0v) is 39.0. The minimum absolute atomic E-state index is 0.502. The van der Waals surface area contributed by atoms with Crippen molar-refractivity contribution >= 4 is 64.6 Å². The van der Waals surface area contributed by atoms with E-state index in [-0.39, 0.29) is 0 Å². The van der Waals surface area contributed by atoms with E-state index in [1.54, 1.807) is 0 Å². The number of aryl methyl sites for hydroxylation is 10. The summed E-state index contributed by atoms with van der Waals surface area (Å²) in [6, 6.07) is 30.9. The van der Waals surface area contributed by atoms with Crippen LogP contribution in [-0.4, -0.2) is 0 Å². The first-order valence-corrected chi connectivity index (χ1v) is 24.1. The Morgan fingerprint density at radius 3 is 0.467 bits per heavy atom. The first kappa shape index (κ1) is 42.0. The van der Waals surface area contributed by atoms with Crippen molar-refractivity contribution in [2.45, 2.75) is 153 Å². The molecular formula is C60H70. The number of hydrogen-bond acceptors (Lipinski definition) is 0. The number of hydrogen-bond donors (Lipinski definition) is 0. The predicted molar refractivity (Wildman–Crippen MR) is 268 cm³/mol. The van der Waals surface area contributed by atoms with E-state index in [2.05, 4.69) is 149 Å². The highest BCUT2D eigenvalue weighted by Crippen LogP contribution is 2.42. The van der Waals surface area contributed by atoms with Crippen molar-refractivity contribution in [1.29, 1.82) is 0 Å². The molecule has 0 aliphatic carbocycles. The van der Waals surface area contributed by atoms with Crippen molar-refractivity contribution in [3.05, 3.63) is 140 Å². The van der Waals surface area contributed by atoms with Gasteiger partial charge in [-0.2, -0.15) is 0 Å². The molecule has 0 saturated carbocycles. The quantitative estimate of drug-likeness (QED) is 0.0963. The zero-order chi connectivity index (χ0) is 42.4. The average molecular weight is 791 g/mol. The first-order valence-electron chi connectivity index (χ1n) is 24.1. The highest BCUT2D eigenvalue weighted by atomic mass is 14.2. The Morgan fingerprint density at radius 2 is 0.333 bits per heavy atom. The summed E-state index contributed by atoms with van der Waals surface area (Å²) in [5.74, 6) is 0.502. The molecule has 8 aromatic carbocycles. The Hall–Kier alpha value is -4.68. The van der Waals surface area contributed by atoms with Crippen LogP contribution in [0.5, 0.6) is 0 Å². The first-order chi connectivity index (χ1) is 29.2. The van der Waals surface area contributed by atoms with E-state index in [4.69, 9.17) is 0 Å². The molecule has 0 aliphatic heterocycles. The Bertz CT molecular complexity index is 2650. The molecule has 0 radical (unpaired) electrons. The van der Waals surface area contributed by atoms with Crippen molar-refractivity contribution < 1.29 is 0 Å². The largest absolute Gasteiger partial charge is 0.0619 e. The Balaban J connectivity index is 1.29. The average Bonchev–Trinajstić information content (AvgIpc) is 3.29. The number of fused-ring (bicyclic) bond motifs is 12. The molecule has 8 rings (SSSR count). The van der Waals surface area contributed by atoms with E-state index < -0.39 is 0 Å². The molecule has 0 amide bonds. The molecular weight excluding hydrogens is 721 g/mol. The molecule has 60 heavy (non-hydrogen) atoms. The molecule has 0 saturated heterocycles. The van der Waals surface area contributed by atoms with Crippen LogP contribution in [0.15, 0.2) is 72.8 Å². The minimum atomic E-state index is 0.502. The van der Waals surface area contributed by atoms with Gasteiger partial charge in [0.2, 0.25) is 0 Å². The predicted octanol–water partition coefficient (Wildman–Crippen LogP) is 16.7. The SMILES string of the molecule is CCc1cc2c3cc(CC)c(CC)cc3c3cc(CC(C)Cc4cc5c6cc(CC)c(CC)cc6c6cc(CC)c(CC)cc6c5cc4CC)c(CC)cc3c2cc1CC. The van der Waals surface area contributed by atoms with E-state index in [0.29, 0.717) is 5.92 Å². The normalized spacial score (nSPS) is 12.2. The molecule has 8 aromatic rings. The molecule has 0 nitrogen and oxygen atoms in total. The lowest BCUT2D eigenvalue weighted by Gasteiger charge is -2.22. The van der Waals surface area contributed by atoms with Crippen molar-refractivity contribution in [2.24, 2.45) is 5.92 Å². The second-order valence-corrected chi connectivity index (χ2v) is 18.0. The van der Waals surface area contributed by atoms with Crippen molar-refractivity contribution in [2.75, 3.05) is 0 Å². The van der Waals surface area contributed by atoms with Gasteiger partial charge in [-0.1, -0.05) is 149 Å². The number of rotatable bonds is 14. The topological polar surface area (TPSA) is 0 Å². The highest BCUT2D eigenvalue weighted by molar-refractivity contribution is 6.27. The maximum Gasteiger partial charge on any atom is -0.00959 e. The fourth-order valence-corrected chi connectivity index (χ4v) is 11.3. The van der Waals surface area contributed by atoms with Crippen LogP contribution in [-0.2, 0) is 77.0 Å². The molecule has 310 valence electrons. The van der Waals surface area contributed by atoms with Crippen LogP contribution in [0, 0.1) is 5.92 Å². The van der Waals surface area contributed by atoms with Crippen molar-refractivity contribution in [1.82, 2.24) is 0 Å². The van der Waals surface area contributed by atoms with E-state index in [0.717, 1.165) is 77.0 Å². The van der Waals surface area contributed by atoms with Gasteiger partial charge in [-0.25, -0.2) is 0 Å². The third kappa shape index (κ3) is 7.11. The van der Waals surface area contributed by atoms with Crippen LogP contribution in [0.1, 0.15) is 143 Å². The second-order valence-electron chi connectivity index (χ2n) is 18.0. The second kappa shape index (κ2) is 17.4. The van der Waals surface area contributed by atoms with Gasteiger partial charge >= 0.3 is 0 Å². The van der Waals surface area contributed by atoms with Crippen LogP contribution in [0.25, 0.3) is 64.6 Å². The molecule has 0 heteroatoms. The van der Waals surface area contributed by atoms with Crippen LogP contribution >= 0.6 is 0 Å². The fourth-order valence-electron chi connectivity index (χ4n) is 11.3. The van der Waals surface area contributed by atoms with E-state index >= 15 is 0 Å². The molecule has 0 fully saturated rings. The summed E-state index contributed by atoms with van der Waals surface area (Å²) in [5.41, 5.74) is 18.1. The molecule has 0 aromatic heterocycles. The summed E-state index contributed by atoms with van der Waals surface area (Å²) in [6.45, 7) is 25.8. The van der Waals surface area contributed by atoms with Crippen LogP contribution in [0.2, 0.25) is 0 Å². The molecule has 0 spiro atoms. The van der Waals surface area contributed by atoms with Crippen LogP contribution in [0.3, 0.4) is 0 Å². The maximum absolute atomic E-state index is 2.63. The van der Waals surface area contributed by atoms with Crippen molar-refractivity contribution in [3.8, 4) is 0 Å². The van der Waals surface area contributed by atoms with Gasteiger partial charge in [0.05, 0.1) is 0 Å². The van der Waals surface area contributed by atoms with Gasteiger partial charge in [0.15, 0.2) is 0 Å². The number of benzene rings is 8. The third-order valence-electron chi connectivity index (χ3n) is 14.7. The monoisotopic (exact) mass is 791 g/mol. The lowest BCUT2D eigenvalue weighted by atomic mass is 9.83. The highest BCUT2D eigenvalue weighted by Gasteiger charge is 2.20. The Kier molecular flexibility index (Phi) is 12.2. The zero-order valence-electron chi connectivity index (χ0n) is 39.0. The van der Waals surface area contributed by atoms with Gasteiger partial charge in [0, 0.05) is 0 Å². The van der Waals surface area contributed by atoms with Gasteiger partial charge < -0.3 is 0 Å². The molecule has 0 aliphatic rings. The minimum Gasteiger partial charge on any atom is -0.0619 e. The molecule has 0 N–H and O–H groups in total. The van der Waals surface area contributed by atoms with E-state index in [1.807, 2.05) is 0 Å².